The van der Waals surface area contributed by atoms with E-state index in [1.165, 1.54) is 42.0 Å². The molecule has 2 aliphatic heterocycles. The summed E-state index contributed by atoms with van der Waals surface area (Å²) in [5.74, 6) is 3.68. The molecule has 3 aromatic carbocycles. The van der Waals surface area contributed by atoms with E-state index in [2.05, 4.69) is 100 Å². The summed E-state index contributed by atoms with van der Waals surface area (Å²) in [6.45, 7) is 4.32. The van der Waals surface area contributed by atoms with Crippen LogP contribution in [0.4, 0.5) is 9.59 Å². The highest BCUT2D eigenvalue weighted by Gasteiger charge is 2.49. The number of nitrogens with zero attached hydrogens (tertiary/aromatic N) is 4. The number of benzene rings is 3. The number of hydrogen-bond acceptors (Lipinski definition) is 10. The van der Waals surface area contributed by atoms with Crippen LogP contribution in [0.3, 0.4) is 0 Å². The molecule has 4 fully saturated rings. The Kier molecular flexibility index (Phi) is 18.0. The van der Waals surface area contributed by atoms with Crippen LogP contribution in [-0.2, 0) is 38.3 Å². The van der Waals surface area contributed by atoms with Gasteiger partial charge in [0.05, 0.1) is 50.1 Å². The maximum Gasteiger partial charge on any atom is 0.407 e. The van der Waals surface area contributed by atoms with Crippen LogP contribution in [0.1, 0.15) is 130 Å². The molecule has 2 aliphatic carbocycles. The number of carbonyl (C=O) groups is 4. The zero-order valence-electron chi connectivity index (χ0n) is 44.6. The second-order valence-corrected chi connectivity index (χ2v) is 23.1. The predicted octanol–water partition coefficient (Wildman–Crippen LogP) is 11.4. The van der Waals surface area contributed by atoms with Gasteiger partial charge in [-0.1, -0.05) is 92.8 Å². The Balaban J connectivity index is 1.01. The number of aromatic nitrogens is 4. The predicted molar refractivity (Wildman–Crippen MR) is 300 cm³/mol. The minimum absolute atomic E-state index is 0.0609. The molecule has 4 aliphatic rings. The topological polar surface area (TPSA) is 175 Å². The molecule has 8 atom stereocenters. The van der Waals surface area contributed by atoms with E-state index in [4.69, 9.17) is 19.4 Å². The van der Waals surface area contributed by atoms with E-state index in [0.29, 0.717) is 24.7 Å². The molecule has 0 bridgehead atoms. The number of aryl methyl sites for hydroxylation is 4. The number of alkyl carbamates (subject to hydrolysis) is 2. The largest absolute Gasteiger partial charge is 0.453 e. The molecule has 4 unspecified atom stereocenters. The van der Waals surface area contributed by atoms with Gasteiger partial charge in [0.25, 0.3) is 0 Å². The maximum absolute atomic E-state index is 14.6. The number of amides is 4. The fourth-order valence-corrected chi connectivity index (χ4v) is 13.6. The van der Waals surface area contributed by atoms with Gasteiger partial charge < -0.3 is 39.9 Å². The molecular weight excluding hydrogens is 981 g/mol. The molecule has 2 saturated heterocycles. The number of ether oxygens (including phenoxy) is 2. The summed E-state index contributed by atoms with van der Waals surface area (Å²) in [6, 6.07) is 20.6. The third kappa shape index (κ3) is 12.1. The van der Waals surface area contributed by atoms with Crippen molar-refractivity contribution in [2.45, 2.75) is 146 Å². The van der Waals surface area contributed by atoms with Crippen LogP contribution in [0.25, 0.3) is 33.6 Å². The molecule has 9 rings (SSSR count). The zero-order valence-corrected chi connectivity index (χ0v) is 46.3. The zero-order chi connectivity index (χ0) is 52.6. The molecule has 2 aromatic heterocycles. The number of hydrogen-bond donors (Lipinski definition) is 4. The Morgan fingerprint density at radius 2 is 1.15 bits per heavy atom. The first-order valence-corrected chi connectivity index (χ1v) is 30.0. The normalized spacial score (nSPS) is 22.0. The van der Waals surface area contributed by atoms with Crippen LogP contribution in [0, 0.1) is 18.8 Å². The smallest absolute Gasteiger partial charge is 0.407 e. The molecule has 75 heavy (non-hydrogen) atoms. The molecule has 4 N–H and O–H groups in total. The lowest BCUT2D eigenvalue weighted by Crippen LogP contribution is -2.52. The van der Waals surface area contributed by atoms with E-state index >= 15 is 0 Å². The highest BCUT2D eigenvalue weighted by molar-refractivity contribution is 7.98. The number of thioether (sulfide) groups is 2. The lowest BCUT2D eigenvalue weighted by Gasteiger charge is -2.36. The summed E-state index contributed by atoms with van der Waals surface area (Å²) in [5, 5.41) is 5.71. The van der Waals surface area contributed by atoms with Crippen molar-refractivity contribution < 1.29 is 28.7 Å². The first-order chi connectivity index (χ1) is 36.5. The van der Waals surface area contributed by atoms with Gasteiger partial charge in [0.1, 0.15) is 23.7 Å². The minimum Gasteiger partial charge on any atom is -0.453 e. The van der Waals surface area contributed by atoms with Crippen molar-refractivity contribution in [3.05, 3.63) is 107 Å². The number of fused-ring (bicyclic) bond motifs is 2. The van der Waals surface area contributed by atoms with E-state index in [-0.39, 0.29) is 36.0 Å². The molecule has 16 heteroatoms. The number of H-pyrrole nitrogens is 2. The highest BCUT2D eigenvalue weighted by atomic mass is 32.2. The molecule has 4 heterocycles. The fraction of sp³-hybridized carbons (Fsp3) is 0.525. The SMILES string of the molecule is CCc1cc(-c2ccc(-c3cnc([C@@H]4CC5CCCCC5N4C(=O)[C@H](CCSC)NC(=O)OC)[nH]3)cc2)c(CCc2ccc(C)cc2)cc1-c1cnc([C@@H]2CC3CCCCC3N2C(=O)[C@H](CCSC)NC(=O)OC)[nH]1. The third-order valence-corrected chi connectivity index (χ3v) is 17.9. The van der Waals surface area contributed by atoms with E-state index in [9.17, 15) is 19.2 Å². The number of nitrogens with one attached hydrogen (secondary N) is 4. The number of likely N-dealkylation sites (tertiary alicyclic amines) is 2. The summed E-state index contributed by atoms with van der Waals surface area (Å²) in [7, 11) is 2.67. The molecule has 0 radical (unpaired) electrons. The van der Waals surface area contributed by atoms with Crippen molar-refractivity contribution in [1.82, 2.24) is 40.4 Å². The van der Waals surface area contributed by atoms with Crippen LogP contribution in [0.5, 0.6) is 0 Å². The number of rotatable bonds is 19. The molecule has 2 saturated carbocycles. The van der Waals surface area contributed by atoms with E-state index < -0.39 is 24.3 Å². The maximum atomic E-state index is 14.6. The monoisotopic (exact) mass is 1060 g/mol. The standard InChI is InChI=1S/C59H76N8O6S2/c1-7-38-30-44(39-22-24-40(25-23-39)48-34-60-54(62-48)52-32-42-12-8-10-14-50(42)66(52)56(68)46(26-28-74-5)64-58(70)72-3)41(21-20-37-18-16-36(2)17-19-37)31-45(38)49-35-61-55(63-49)53-33-43-13-9-11-15-51(43)67(53)57(69)47(27-29-75-6)65-59(71)73-4/h16-19,22-25,30-31,34-35,42-43,46-47,50-53H,7-15,20-21,26-29,32-33H2,1-6H3,(H,60,62)(H,61,63)(H,64,70)(H,65,71)/t42?,43?,46-,47-,50?,51?,52-,53-/m0/s1. The minimum atomic E-state index is -0.680. The van der Waals surface area contributed by atoms with Crippen molar-refractivity contribution in [2.75, 3.05) is 38.2 Å². The van der Waals surface area contributed by atoms with Gasteiger partial charge >= 0.3 is 12.2 Å². The lowest BCUT2D eigenvalue weighted by atomic mass is 9.84. The van der Waals surface area contributed by atoms with Crippen molar-refractivity contribution in [2.24, 2.45) is 11.8 Å². The molecular formula is C59H76N8O6S2. The van der Waals surface area contributed by atoms with Crippen LogP contribution in [-0.4, -0.2) is 116 Å². The molecule has 14 nitrogen and oxygen atoms in total. The van der Waals surface area contributed by atoms with E-state index in [1.54, 1.807) is 23.5 Å². The van der Waals surface area contributed by atoms with Gasteiger partial charge in [-0.15, -0.1) is 0 Å². The lowest BCUT2D eigenvalue weighted by molar-refractivity contribution is -0.138. The molecule has 4 amide bonds. The van der Waals surface area contributed by atoms with Gasteiger partial charge in [0.2, 0.25) is 11.8 Å². The van der Waals surface area contributed by atoms with E-state index in [1.807, 2.05) is 29.8 Å². The number of methoxy groups -OCH3 is 2. The second kappa shape index (κ2) is 24.9. The Labute approximate surface area is 451 Å². The highest BCUT2D eigenvalue weighted by Crippen LogP contribution is 2.48. The summed E-state index contributed by atoms with van der Waals surface area (Å²) in [6.07, 6.45) is 20.4. The number of carbonyl (C=O) groups excluding carboxylic acids is 4. The van der Waals surface area contributed by atoms with Crippen LogP contribution in [0.2, 0.25) is 0 Å². The molecule has 400 valence electrons. The summed E-state index contributed by atoms with van der Waals surface area (Å²) in [4.78, 5) is 75.6. The molecule has 0 spiro atoms. The van der Waals surface area contributed by atoms with E-state index in [0.717, 1.165) is 135 Å². The fourth-order valence-electron chi connectivity index (χ4n) is 12.7. The van der Waals surface area contributed by atoms with Crippen molar-refractivity contribution in [3.63, 3.8) is 0 Å². The average molecular weight is 1060 g/mol. The quantitative estimate of drug-likeness (QED) is 0.0623. The van der Waals surface area contributed by atoms with Crippen LogP contribution < -0.4 is 10.6 Å². The Morgan fingerprint density at radius 3 is 1.67 bits per heavy atom. The van der Waals surface area contributed by atoms with Crippen molar-refractivity contribution in [3.8, 4) is 33.6 Å². The van der Waals surface area contributed by atoms with Gasteiger partial charge in [-0.3, -0.25) is 9.59 Å². The number of aromatic amines is 2. The first kappa shape index (κ1) is 54.1. The first-order valence-electron chi connectivity index (χ1n) is 27.3. The van der Waals surface area contributed by atoms with Gasteiger partial charge in [0, 0.05) is 17.6 Å². The Morgan fingerprint density at radius 1 is 0.653 bits per heavy atom. The Bertz CT molecular complexity index is 2760. The number of imidazole rings is 2. The van der Waals surface area contributed by atoms with Crippen LogP contribution in [0.15, 0.2) is 73.1 Å². The summed E-state index contributed by atoms with van der Waals surface area (Å²) < 4.78 is 9.92. The van der Waals surface area contributed by atoms with Gasteiger partial charge in [-0.05, 0) is 153 Å². The summed E-state index contributed by atoms with van der Waals surface area (Å²) in [5.41, 5.74) is 11.2. The second-order valence-electron chi connectivity index (χ2n) is 21.1. The third-order valence-electron chi connectivity index (χ3n) is 16.6. The average Bonchev–Trinajstić information content (AvgIpc) is 4.30. The Hall–Kier alpha value is -5.74. The van der Waals surface area contributed by atoms with Crippen molar-refractivity contribution >= 4 is 47.5 Å². The van der Waals surface area contributed by atoms with Crippen molar-refractivity contribution in [1.29, 1.82) is 0 Å². The van der Waals surface area contributed by atoms with Crippen LogP contribution >= 0.6 is 23.5 Å². The van der Waals surface area contributed by atoms with Gasteiger partial charge in [0.15, 0.2) is 0 Å². The van der Waals surface area contributed by atoms with Gasteiger partial charge in [-0.2, -0.15) is 23.5 Å². The van der Waals surface area contributed by atoms with Gasteiger partial charge in [-0.25, -0.2) is 19.6 Å². The summed E-state index contributed by atoms with van der Waals surface area (Å²) >= 11 is 3.31. The molecule has 5 aromatic rings.